The van der Waals surface area contributed by atoms with Crippen molar-refractivity contribution in [1.29, 1.82) is 0 Å². The molecule has 8 aromatic carbocycles. The van der Waals surface area contributed by atoms with E-state index in [-0.39, 0.29) is 44.1 Å². The standard InChI is InChI=1S/C11H14Cl2.C11H15Cl.C11H12F4.C11H14F2.C10H12Cl2.C10H13Cl.C10H12F2.C10H13F.2CH4/c1-7(2)4-10-8(3)5-9(12)6-11(10)13;1-8(2)6-10-4-5-11(12)9(3)7-10;1-5(2)4-7-6(3)8(12)10(14)11(15)9(7)13;1-7(2)4-10-8(3)5-9(12)6-11(10)13;1-7(2)3-8-4-9(11)6-10(12)5-8;1-8(2)7-9-3-5-10(11)6-4-9;1-7(2)3-8-4-9(11)6-10(12)5-8;1-8(2)7-9-3-5-10(11)6-4-9;;/h5-7H,4H2,1-3H3;4-5,7-8H,6H2,1-3H3;5H,4H2,1-3H3;5-7H,4H2,1-3H3;4-7H,3H2,1-2H3;3-6,8H,7H2,1-2H3;4-7H,3H2,1-2H3;3-6,8H,7H2,1-2H3;2*1H4. The van der Waals surface area contributed by atoms with E-state index in [1.807, 2.05) is 89.2 Å². The van der Waals surface area contributed by atoms with Crippen LogP contribution in [-0.2, 0) is 51.4 Å². The molecule has 0 aliphatic rings. The highest BCUT2D eigenvalue weighted by Crippen LogP contribution is 2.29. The van der Waals surface area contributed by atoms with E-state index in [0.717, 1.165) is 85.9 Å². The Kier molecular flexibility index (Phi) is 48.8. The Labute approximate surface area is 633 Å². The maximum absolute atomic E-state index is 13.3. The molecule has 101 heavy (non-hydrogen) atoms. The van der Waals surface area contributed by atoms with Crippen molar-refractivity contribution in [3.05, 3.63) is 277 Å². The molecule has 8 aromatic rings. The van der Waals surface area contributed by atoms with Crippen molar-refractivity contribution in [2.24, 2.45) is 47.3 Å². The summed E-state index contributed by atoms with van der Waals surface area (Å²) in [6, 6.07) is 36.5. The van der Waals surface area contributed by atoms with Gasteiger partial charge in [-0.1, -0.05) is 232 Å². The lowest BCUT2D eigenvalue weighted by Crippen LogP contribution is -2.08. The Morgan fingerprint density at radius 1 is 0.248 bits per heavy atom. The first-order valence-electron chi connectivity index (χ1n) is 33.8. The van der Waals surface area contributed by atoms with Crippen LogP contribution >= 0.6 is 69.6 Å². The molecular formula is C86H113Cl6F9. The molecule has 0 bridgehead atoms. The van der Waals surface area contributed by atoms with Crippen LogP contribution in [0.25, 0.3) is 0 Å². The highest BCUT2D eigenvalue weighted by Gasteiger charge is 2.23. The van der Waals surface area contributed by atoms with Crippen LogP contribution in [0.3, 0.4) is 0 Å². The number of rotatable bonds is 16. The summed E-state index contributed by atoms with van der Waals surface area (Å²) in [4.78, 5) is 0. The van der Waals surface area contributed by atoms with E-state index in [2.05, 4.69) is 100 Å². The maximum atomic E-state index is 13.3. The van der Waals surface area contributed by atoms with E-state index >= 15 is 0 Å². The summed E-state index contributed by atoms with van der Waals surface area (Å²) in [6.45, 7) is 40.7. The van der Waals surface area contributed by atoms with Gasteiger partial charge in [-0.2, -0.15) is 0 Å². The molecule has 0 saturated carbocycles. The van der Waals surface area contributed by atoms with E-state index in [1.54, 1.807) is 26.8 Å². The van der Waals surface area contributed by atoms with Gasteiger partial charge in [0.25, 0.3) is 0 Å². The third-order valence-corrected chi connectivity index (χ3v) is 16.0. The summed E-state index contributed by atoms with van der Waals surface area (Å²) in [6.07, 6.45) is 6.91. The lowest BCUT2D eigenvalue weighted by atomic mass is 9.97. The molecule has 0 radical (unpaired) electrons. The summed E-state index contributed by atoms with van der Waals surface area (Å²) in [7, 11) is 0. The molecule has 0 saturated heterocycles. The molecule has 0 N–H and O–H groups in total. The second kappa shape index (κ2) is 50.3. The quantitative estimate of drug-likeness (QED) is 0.0514. The molecule has 0 aliphatic heterocycles. The van der Waals surface area contributed by atoms with Gasteiger partial charge in [0.1, 0.15) is 29.1 Å². The minimum Gasteiger partial charge on any atom is -0.207 e. The topological polar surface area (TPSA) is 0 Å². The highest BCUT2D eigenvalue weighted by molar-refractivity contribution is 6.35. The lowest BCUT2D eigenvalue weighted by Gasteiger charge is -2.12. The first-order chi connectivity index (χ1) is 46.0. The predicted molar refractivity (Wildman–Crippen MR) is 422 cm³/mol. The SMILES string of the molecule is C.C.CC(C)Cc1cc(Cl)cc(Cl)c1.CC(C)Cc1cc(F)cc(F)c1.CC(C)Cc1ccc(Cl)cc1.CC(C)Cc1ccc(F)cc1.Cc1c(F)c(F)c(F)c(F)c1CC(C)C.Cc1cc(CC(C)C)ccc1Cl.Cc1cc(Cl)cc(Cl)c1CC(C)C.Cc1cc(F)cc(F)c1CC(C)C. The van der Waals surface area contributed by atoms with Crippen LogP contribution in [-0.4, -0.2) is 0 Å². The highest BCUT2D eigenvalue weighted by atomic mass is 35.5. The average molecular weight is 1530 g/mol. The van der Waals surface area contributed by atoms with E-state index in [1.165, 1.54) is 76.2 Å². The van der Waals surface area contributed by atoms with Crippen LogP contribution in [0.5, 0.6) is 0 Å². The number of hydrogen-bond donors (Lipinski definition) is 0. The molecule has 0 atom stereocenters. The Morgan fingerprint density at radius 3 is 1.01 bits per heavy atom. The minimum atomic E-state index is -1.74. The molecule has 0 nitrogen and oxygen atoms in total. The Balaban J connectivity index is 0. The number of benzene rings is 8. The largest absolute Gasteiger partial charge is 0.207 e. The molecule has 15 heteroatoms. The molecule has 0 heterocycles. The second-order valence-electron chi connectivity index (χ2n) is 28.4. The molecule has 8 rings (SSSR count). The van der Waals surface area contributed by atoms with Gasteiger partial charge in [0, 0.05) is 42.3 Å². The molecule has 0 aromatic heterocycles. The molecule has 562 valence electrons. The molecule has 0 spiro atoms. The first kappa shape index (κ1) is 97.9. The van der Waals surface area contributed by atoms with E-state index in [0.29, 0.717) is 59.5 Å². The fourth-order valence-electron chi connectivity index (χ4n) is 10.1. The molecule has 0 fully saturated rings. The average Bonchev–Trinajstić information content (AvgIpc) is 0.800. The zero-order chi connectivity index (χ0) is 75.7. The van der Waals surface area contributed by atoms with E-state index in [4.69, 9.17) is 69.6 Å². The zero-order valence-electron chi connectivity index (χ0n) is 61.6. The van der Waals surface area contributed by atoms with Crippen molar-refractivity contribution < 1.29 is 39.5 Å². The summed E-state index contributed by atoms with van der Waals surface area (Å²) >= 11 is 35.3. The van der Waals surface area contributed by atoms with Gasteiger partial charge in [0.15, 0.2) is 23.3 Å². The Hall–Kier alpha value is -5.13. The van der Waals surface area contributed by atoms with Crippen molar-refractivity contribution in [3.63, 3.8) is 0 Å². The van der Waals surface area contributed by atoms with Crippen molar-refractivity contribution >= 4 is 69.6 Å². The molecular weight excluding hydrogens is 1420 g/mol. The maximum Gasteiger partial charge on any atom is 0.197 e. The fraction of sp³-hybridized carbons (Fsp3) is 0.442. The van der Waals surface area contributed by atoms with Crippen LogP contribution in [0.1, 0.15) is 192 Å². The second-order valence-corrected chi connectivity index (χ2v) is 31.0. The lowest BCUT2D eigenvalue weighted by molar-refractivity contribution is 0.397. The van der Waals surface area contributed by atoms with Gasteiger partial charge in [0.05, 0.1) is 0 Å². The van der Waals surface area contributed by atoms with Crippen LogP contribution in [0, 0.1) is 127 Å². The van der Waals surface area contributed by atoms with Crippen LogP contribution in [0.15, 0.2) is 127 Å². The monoisotopic (exact) mass is 1530 g/mol. The number of aryl methyl sites for hydroxylation is 3. The Morgan fingerprint density at radius 2 is 0.594 bits per heavy atom. The van der Waals surface area contributed by atoms with Gasteiger partial charge in [-0.15, -0.1) is 0 Å². The summed E-state index contributed by atoms with van der Waals surface area (Å²) in [5, 5.41) is 4.63. The predicted octanol–water partition coefficient (Wildman–Crippen LogP) is 30.8. The molecule has 0 unspecified atom stereocenters. The van der Waals surface area contributed by atoms with Gasteiger partial charge in [-0.05, 0) is 272 Å². The normalized spacial score (nSPS) is 10.6. The van der Waals surface area contributed by atoms with Crippen molar-refractivity contribution in [2.45, 2.75) is 205 Å². The van der Waals surface area contributed by atoms with Crippen molar-refractivity contribution in [3.8, 4) is 0 Å². The van der Waals surface area contributed by atoms with Gasteiger partial charge < -0.3 is 0 Å². The number of halogens is 15. The van der Waals surface area contributed by atoms with Crippen LogP contribution < -0.4 is 0 Å². The minimum absolute atomic E-state index is 0. The van der Waals surface area contributed by atoms with Crippen LogP contribution in [0.4, 0.5) is 39.5 Å². The van der Waals surface area contributed by atoms with Gasteiger partial charge in [0.2, 0.25) is 0 Å². The van der Waals surface area contributed by atoms with Gasteiger partial charge in [-0.3, -0.25) is 0 Å². The van der Waals surface area contributed by atoms with Crippen LogP contribution in [0.2, 0.25) is 30.1 Å². The summed E-state index contributed by atoms with van der Waals surface area (Å²) in [5.74, 6) is -3.93. The Bertz CT molecular complexity index is 3360. The third-order valence-electron chi connectivity index (χ3n) is 14.3. The fourth-order valence-corrected chi connectivity index (χ4v) is 11.6. The first-order valence-corrected chi connectivity index (χ1v) is 36.1. The van der Waals surface area contributed by atoms with Crippen molar-refractivity contribution in [1.82, 2.24) is 0 Å². The number of hydrogen-bond acceptors (Lipinski definition) is 0. The van der Waals surface area contributed by atoms with Gasteiger partial charge >= 0.3 is 0 Å². The zero-order valence-corrected chi connectivity index (χ0v) is 66.1. The van der Waals surface area contributed by atoms with E-state index < -0.39 is 46.5 Å². The van der Waals surface area contributed by atoms with Crippen molar-refractivity contribution in [2.75, 3.05) is 0 Å². The van der Waals surface area contributed by atoms with E-state index in [9.17, 15) is 39.5 Å². The molecule has 0 amide bonds. The third kappa shape index (κ3) is 41.8. The summed E-state index contributed by atoms with van der Waals surface area (Å²) < 4.78 is 116. The molecule has 0 aliphatic carbocycles. The van der Waals surface area contributed by atoms with Gasteiger partial charge in [-0.25, -0.2) is 39.5 Å². The summed E-state index contributed by atoms with van der Waals surface area (Å²) in [5.41, 5.74) is 10.6. The smallest absolute Gasteiger partial charge is 0.197 e.